The zero-order valence-corrected chi connectivity index (χ0v) is 16.4. The zero-order valence-electron chi connectivity index (χ0n) is 16.4. The number of hydrogen-bond donors (Lipinski definition) is 0. The Hall–Kier alpha value is -1.42. The molecule has 0 aliphatic rings. The molecule has 0 spiro atoms. The lowest BCUT2D eigenvalue weighted by Crippen LogP contribution is -2.27. The molecule has 0 N–H and O–H groups in total. The van der Waals surface area contributed by atoms with Gasteiger partial charge in [-0.2, -0.15) is 0 Å². The number of nitrogens with zero attached hydrogens (tertiary/aromatic N) is 3. The Morgan fingerprint density at radius 2 is 2.00 bits per heavy atom. The first kappa shape index (κ1) is 20.6. The molecule has 0 atom stereocenters. The standard InChI is InChI=1S/C20H35N3O/c1-7-17(3)11-9-12-18(4)13-10-14-23-16-19(21-22-23)15-20(5,6)24-8-2/h7,12,16H,8-11,13-15H2,1-6H3/b17-7+,18-12+. The fourth-order valence-electron chi connectivity index (χ4n) is 2.72. The van der Waals surface area contributed by atoms with Gasteiger partial charge in [0.05, 0.1) is 11.3 Å². The molecule has 24 heavy (non-hydrogen) atoms. The molecule has 1 aromatic rings. The summed E-state index contributed by atoms with van der Waals surface area (Å²) in [5, 5.41) is 8.51. The maximum absolute atomic E-state index is 5.73. The van der Waals surface area contributed by atoms with E-state index in [1.54, 1.807) is 0 Å². The number of aryl methyl sites for hydroxylation is 1. The van der Waals surface area contributed by atoms with Crippen molar-refractivity contribution in [2.24, 2.45) is 0 Å². The lowest BCUT2D eigenvalue weighted by atomic mass is 10.0. The number of aromatic nitrogens is 3. The third kappa shape index (κ3) is 8.44. The second-order valence-electron chi connectivity index (χ2n) is 7.17. The Bertz CT molecular complexity index is 541. The van der Waals surface area contributed by atoms with Crippen molar-refractivity contribution in [2.45, 2.75) is 85.8 Å². The van der Waals surface area contributed by atoms with Crippen LogP contribution >= 0.6 is 0 Å². The van der Waals surface area contributed by atoms with Crippen LogP contribution in [0, 0.1) is 0 Å². The van der Waals surface area contributed by atoms with Crippen LogP contribution in [0.2, 0.25) is 0 Å². The lowest BCUT2D eigenvalue weighted by Gasteiger charge is -2.23. The predicted molar refractivity (Wildman–Crippen MR) is 101 cm³/mol. The molecule has 0 fully saturated rings. The Labute approximate surface area is 148 Å². The Kier molecular flexibility index (Phi) is 8.98. The summed E-state index contributed by atoms with van der Waals surface area (Å²) in [6.07, 6.45) is 11.9. The number of allylic oxidation sites excluding steroid dienone is 4. The summed E-state index contributed by atoms with van der Waals surface area (Å²) < 4.78 is 7.68. The average Bonchev–Trinajstić information content (AvgIpc) is 2.93. The van der Waals surface area contributed by atoms with Crippen LogP contribution in [-0.2, 0) is 17.7 Å². The van der Waals surface area contributed by atoms with Crippen molar-refractivity contribution >= 4 is 0 Å². The van der Waals surface area contributed by atoms with Crippen LogP contribution < -0.4 is 0 Å². The van der Waals surface area contributed by atoms with Crippen molar-refractivity contribution in [1.29, 1.82) is 0 Å². The topological polar surface area (TPSA) is 39.9 Å². The van der Waals surface area contributed by atoms with Gasteiger partial charge < -0.3 is 4.74 Å². The highest BCUT2D eigenvalue weighted by Crippen LogP contribution is 2.15. The van der Waals surface area contributed by atoms with Crippen LogP contribution in [0.3, 0.4) is 0 Å². The third-order valence-electron chi connectivity index (χ3n) is 4.21. The Balaban J connectivity index is 2.34. The van der Waals surface area contributed by atoms with Crippen molar-refractivity contribution in [3.63, 3.8) is 0 Å². The molecular weight excluding hydrogens is 298 g/mol. The van der Waals surface area contributed by atoms with Gasteiger partial charge in [-0.05, 0) is 67.2 Å². The molecule has 1 rings (SSSR count). The summed E-state index contributed by atoms with van der Waals surface area (Å²) in [5.74, 6) is 0. The minimum Gasteiger partial charge on any atom is -0.375 e. The van der Waals surface area contributed by atoms with E-state index in [0.29, 0.717) is 0 Å². The molecular formula is C20H35N3O. The van der Waals surface area contributed by atoms with Crippen LogP contribution in [0.5, 0.6) is 0 Å². The van der Waals surface area contributed by atoms with E-state index in [9.17, 15) is 0 Å². The van der Waals surface area contributed by atoms with E-state index in [0.717, 1.165) is 50.9 Å². The summed E-state index contributed by atoms with van der Waals surface area (Å²) in [4.78, 5) is 0. The highest BCUT2D eigenvalue weighted by atomic mass is 16.5. The highest BCUT2D eigenvalue weighted by Gasteiger charge is 2.20. The van der Waals surface area contributed by atoms with E-state index in [1.165, 1.54) is 11.1 Å². The molecule has 4 nitrogen and oxygen atoms in total. The van der Waals surface area contributed by atoms with E-state index in [4.69, 9.17) is 4.74 Å². The molecule has 0 saturated heterocycles. The summed E-state index contributed by atoms with van der Waals surface area (Å²) in [5.41, 5.74) is 3.75. The van der Waals surface area contributed by atoms with Gasteiger partial charge in [0.25, 0.3) is 0 Å². The van der Waals surface area contributed by atoms with Gasteiger partial charge in [0.2, 0.25) is 0 Å². The average molecular weight is 334 g/mol. The molecule has 0 unspecified atom stereocenters. The van der Waals surface area contributed by atoms with Crippen LogP contribution in [0.25, 0.3) is 0 Å². The predicted octanol–water partition coefficient (Wildman–Crippen LogP) is 5.11. The van der Waals surface area contributed by atoms with Crippen molar-refractivity contribution in [3.8, 4) is 0 Å². The molecule has 0 amide bonds. The van der Waals surface area contributed by atoms with E-state index >= 15 is 0 Å². The molecule has 1 heterocycles. The van der Waals surface area contributed by atoms with Gasteiger partial charge in [-0.3, -0.25) is 4.68 Å². The molecule has 0 aliphatic carbocycles. The van der Waals surface area contributed by atoms with Gasteiger partial charge in [0, 0.05) is 25.8 Å². The Morgan fingerprint density at radius 3 is 2.67 bits per heavy atom. The first-order valence-corrected chi connectivity index (χ1v) is 9.16. The summed E-state index contributed by atoms with van der Waals surface area (Å²) in [6, 6.07) is 0. The first-order valence-electron chi connectivity index (χ1n) is 9.16. The fraction of sp³-hybridized carbons (Fsp3) is 0.700. The second-order valence-corrected chi connectivity index (χ2v) is 7.17. The SMILES string of the molecule is C/C=C(\C)CC/C=C(\C)CCCn1cc(CC(C)(C)OCC)nn1. The summed E-state index contributed by atoms with van der Waals surface area (Å²) >= 11 is 0. The molecule has 0 aliphatic heterocycles. The van der Waals surface area contributed by atoms with Crippen molar-refractivity contribution in [3.05, 3.63) is 35.2 Å². The van der Waals surface area contributed by atoms with Crippen LogP contribution in [0.15, 0.2) is 29.5 Å². The monoisotopic (exact) mass is 333 g/mol. The minimum absolute atomic E-state index is 0.181. The van der Waals surface area contributed by atoms with E-state index in [2.05, 4.69) is 63.3 Å². The van der Waals surface area contributed by atoms with Gasteiger partial charge in [-0.25, -0.2) is 0 Å². The van der Waals surface area contributed by atoms with Gasteiger partial charge in [-0.15, -0.1) is 5.10 Å². The normalized spacial score (nSPS) is 13.6. The van der Waals surface area contributed by atoms with E-state index < -0.39 is 0 Å². The molecule has 0 aromatic carbocycles. The van der Waals surface area contributed by atoms with Crippen molar-refractivity contribution < 1.29 is 4.74 Å². The number of rotatable bonds is 11. The van der Waals surface area contributed by atoms with Gasteiger partial charge >= 0.3 is 0 Å². The second kappa shape index (κ2) is 10.4. The summed E-state index contributed by atoms with van der Waals surface area (Å²) in [6.45, 7) is 14.4. The van der Waals surface area contributed by atoms with Gasteiger partial charge in [-0.1, -0.05) is 28.5 Å². The lowest BCUT2D eigenvalue weighted by molar-refractivity contribution is -0.0100. The first-order chi connectivity index (χ1) is 11.4. The molecule has 0 bridgehead atoms. The molecule has 0 radical (unpaired) electrons. The van der Waals surface area contributed by atoms with Crippen LogP contribution in [0.1, 0.15) is 72.9 Å². The number of ether oxygens (including phenoxy) is 1. The van der Waals surface area contributed by atoms with Gasteiger partial charge in [0.1, 0.15) is 0 Å². The van der Waals surface area contributed by atoms with E-state index in [-0.39, 0.29) is 5.60 Å². The molecule has 4 heteroatoms. The van der Waals surface area contributed by atoms with Crippen LogP contribution in [0.4, 0.5) is 0 Å². The largest absolute Gasteiger partial charge is 0.375 e. The van der Waals surface area contributed by atoms with E-state index in [1.807, 2.05) is 11.6 Å². The van der Waals surface area contributed by atoms with Crippen molar-refractivity contribution in [2.75, 3.05) is 6.61 Å². The Morgan fingerprint density at radius 1 is 1.25 bits per heavy atom. The molecule has 1 aromatic heterocycles. The van der Waals surface area contributed by atoms with Crippen molar-refractivity contribution in [1.82, 2.24) is 15.0 Å². The quantitative estimate of drug-likeness (QED) is 0.528. The zero-order chi connectivity index (χ0) is 18.0. The fourth-order valence-corrected chi connectivity index (χ4v) is 2.72. The molecule has 0 saturated carbocycles. The third-order valence-corrected chi connectivity index (χ3v) is 4.21. The minimum atomic E-state index is -0.181. The number of hydrogen-bond acceptors (Lipinski definition) is 3. The highest BCUT2D eigenvalue weighted by molar-refractivity contribution is 5.03. The maximum Gasteiger partial charge on any atom is 0.0855 e. The van der Waals surface area contributed by atoms with Crippen LogP contribution in [-0.4, -0.2) is 27.2 Å². The maximum atomic E-state index is 5.73. The van der Waals surface area contributed by atoms with Gasteiger partial charge in [0.15, 0.2) is 0 Å². The smallest absolute Gasteiger partial charge is 0.0855 e. The summed E-state index contributed by atoms with van der Waals surface area (Å²) in [7, 11) is 0. The molecule has 136 valence electrons.